The molecule has 2 heterocycles. The Balaban J connectivity index is 1.97. The lowest BCUT2D eigenvalue weighted by molar-refractivity contribution is -0.895. The number of nitrogens with one attached hydrogen (secondary N) is 2. The van der Waals surface area contributed by atoms with Gasteiger partial charge in [0.05, 0.1) is 45.4 Å². The molecule has 1 atom stereocenters. The van der Waals surface area contributed by atoms with Gasteiger partial charge in [-0.3, -0.25) is 9.59 Å². The molecular formula is C19H24N3O5S+. The van der Waals surface area contributed by atoms with Crippen LogP contribution in [0, 0.1) is 0 Å². The molecular weight excluding hydrogens is 382 g/mol. The van der Waals surface area contributed by atoms with Crippen molar-refractivity contribution in [2.45, 2.75) is 13.0 Å². The highest BCUT2D eigenvalue weighted by Gasteiger charge is 2.29. The fourth-order valence-corrected chi connectivity index (χ4v) is 4.72. The maximum absolute atomic E-state index is 12.9. The smallest absolute Gasteiger partial charge is 0.256 e. The van der Waals surface area contributed by atoms with E-state index in [4.69, 9.17) is 19.9 Å². The Labute approximate surface area is 167 Å². The minimum atomic E-state index is -0.530. The third kappa shape index (κ3) is 3.63. The summed E-state index contributed by atoms with van der Waals surface area (Å²) in [7, 11) is 6.56. The summed E-state index contributed by atoms with van der Waals surface area (Å²) < 4.78 is 15.9. The van der Waals surface area contributed by atoms with Crippen molar-refractivity contribution in [2.75, 3.05) is 40.2 Å². The molecule has 1 aromatic heterocycles. The number of likely N-dealkylation sites (N-methyl/N-ethyl adjacent to an activating group) is 1. The van der Waals surface area contributed by atoms with E-state index >= 15 is 0 Å². The molecule has 28 heavy (non-hydrogen) atoms. The Morgan fingerprint density at radius 2 is 1.79 bits per heavy atom. The summed E-state index contributed by atoms with van der Waals surface area (Å²) in [5.74, 6) is 0.228. The molecule has 0 saturated heterocycles. The van der Waals surface area contributed by atoms with E-state index in [9.17, 15) is 9.59 Å². The summed E-state index contributed by atoms with van der Waals surface area (Å²) in [5.41, 5.74) is 7.29. The van der Waals surface area contributed by atoms with Crippen LogP contribution in [0.4, 0.5) is 5.00 Å². The largest absolute Gasteiger partial charge is 0.493 e. The second-order valence-corrected chi connectivity index (χ2v) is 7.68. The first-order valence-corrected chi connectivity index (χ1v) is 9.58. The number of anilines is 1. The van der Waals surface area contributed by atoms with Gasteiger partial charge in [-0.25, -0.2) is 0 Å². The van der Waals surface area contributed by atoms with Gasteiger partial charge in [-0.2, -0.15) is 0 Å². The van der Waals surface area contributed by atoms with Crippen molar-refractivity contribution in [3.05, 3.63) is 33.7 Å². The first-order chi connectivity index (χ1) is 13.4. The van der Waals surface area contributed by atoms with Gasteiger partial charge < -0.3 is 30.2 Å². The van der Waals surface area contributed by atoms with E-state index in [1.54, 1.807) is 12.1 Å². The van der Waals surface area contributed by atoms with E-state index in [0.717, 1.165) is 30.0 Å². The number of hydrogen-bond acceptors (Lipinski definition) is 6. The van der Waals surface area contributed by atoms with Crippen LogP contribution in [0.1, 0.15) is 31.2 Å². The third-order valence-corrected chi connectivity index (χ3v) is 5.90. The SMILES string of the molecule is COc1cc(C(=O)Nc2sc3c(c2C(N)=O)CC[NH+](C)C3)cc(OC)c1OC. The Hall–Kier alpha value is -2.78. The number of hydrogen-bond donors (Lipinski definition) is 3. The fraction of sp³-hybridized carbons (Fsp3) is 0.368. The van der Waals surface area contributed by atoms with Crippen LogP contribution in [0.15, 0.2) is 12.1 Å². The van der Waals surface area contributed by atoms with Gasteiger partial charge in [0.2, 0.25) is 5.75 Å². The number of rotatable bonds is 6. The average Bonchev–Trinajstić information content (AvgIpc) is 3.03. The van der Waals surface area contributed by atoms with Gasteiger partial charge in [-0.1, -0.05) is 0 Å². The second-order valence-electron chi connectivity index (χ2n) is 6.57. The maximum Gasteiger partial charge on any atom is 0.256 e. The molecule has 2 aromatic rings. The number of quaternary nitrogens is 1. The van der Waals surface area contributed by atoms with Crippen LogP contribution >= 0.6 is 11.3 Å². The van der Waals surface area contributed by atoms with Crippen molar-refractivity contribution in [1.82, 2.24) is 0 Å². The number of thiophene rings is 1. The van der Waals surface area contributed by atoms with Crippen LogP contribution in [0.5, 0.6) is 17.2 Å². The van der Waals surface area contributed by atoms with E-state index < -0.39 is 5.91 Å². The molecule has 0 spiro atoms. The minimum absolute atomic E-state index is 0.319. The highest BCUT2D eigenvalue weighted by atomic mass is 32.1. The summed E-state index contributed by atoms with van der Waals surface area (Å²) in [6.45, 7) is 1.73. The van der Waals surface area contributed by atoms with E-state index in [1.165, 1.54) is 37.6 Å². The molecule has 150 valence electrons. The fourth-order valence-electron chi connectivity index (χ4n) is 3.36. The van der Waals surface area contributed by atoms with Gasteiger partial charge in [0.1, 0.15) is 11.5 Å². The number of benzene rings is 1. The Bertz CT molecular complexity index is 900. The van der Waals surface area contributed by atoms with Crippen molar-refractivity contribution in [2.24, 2.45) is 5.73 Å². The number of fused-ring (bicyclic) bond motifs is 1. The topological polar surface area (TPSA) is 104 Å². The number of primary amides is 1. The Kier molecular flexibility index (Phi) is 5.76. The zero-order valence-corrected chi connectivity index (χ0v) is 17.1. The highest BCUT2D eigenvalue weighted by molar-refractivity contribution is 7.17. The van der Waals surface area contributed by atoms with Gasteiger partial charge in [-0.05, 0) is 17.7 Å². The highest BCUT2D eigenvalue weighted by Crippen LogP contribution is 2.39. The lowest BCUT2D eigenvalue weighted by atomic mass is 10.0. The zero-order chi connectivity index (χ0) is 20.4. The zero-order valence-electron chi connectivity index (χ0n) is 16.3. The lowest BCUT2D eigenvalue weighted by Crippen LogP contribution is -3.08. The molecule has 0 radical (unpaired) electrons. The first-order valence-electron chi connectivity index (χ1n) is 8.76. The van der Waals surface area contributed by atoms with Crippen molar-refractivity contribution < 1.29 is 28.7 Å². The van der Waals surface area contributed by atoms with Crippen molar-refractivity contribution in [3.63, 3.8) is 0 Å². The molecule has 2 amide bonds. The Morgan fingerprint density at radius 1 is 1.14 bits per heavy atom. The van der Waals surface area contributed by atoms with Gasteiger partial charge in [0.15, 0.2) is 11.5 Å². The third-order valence-electron chi connectivity index (χ3n) is 4.76. The molecule has 8 nitrogen and oxygen atoms in total. The van der Waals surface area contributed by atoms with Crippen LogP contribution < -0.4 is 30.2 Å². The maximum atomic E-state index is 12.9. The normalized spacial score (nSPS) is 15.5. The second kappa shape index (κ2) is 8.07. The monoisotopic (exact) mass is 406 g/mol. The summed E-state index contributed by atoms with van der Waals surface area (Å²) in [6, 6.07) is 3.12. The van der Waals surface area contributed by atoms with E-state index in [-0.39, 0.29) is 5.91 Å². The van der Waals surface area contributed by atoms with E-state index in [2.05, 4.69) is 12.4 Å². The van der Waals surface area contributed by atoms with E-state index in [0.29, 0.717) is 33.4 Å². The van der Waals surface area contributed by atoms with Crippen LogP contribution in [0.3, 0.4) is 0 Å². The average molecular weight is 406 g/mol. The summed E-state index contributed by atoms with van der Waals surface area (Å²) in [5, 5.41) is 3.32. The first kappa shape index (κ1) is 20.0. The quantitative estimate of drug-likeness (QED) is 0.655. The predicted octanol–water partition coefficient (Wildman–Crippen LogP) is 0.696. The van der Waals surface area contributed by atoms with E-state index in [1.807, 2.05) is 0 Å². The van der Waals surface area contributed by atoms with Gasteiger partial charge in [0.25, 0.3) is 11.8 Å². The van der Waals surface area contributed by atoms with Crippen LogP contribution in [0.25, 0.3) is 0 Å². The molecule has 4 N–H and O–H groups in total. The van der Waals surface area contributed by atoms with Crippen molar-refractivity contribution in [3.8, 4) is 17.2 Å². The standard InChI is InChI=1S/C19H23N3O5S/c1-22-6-5-11-14(9-22)28-19(15(11)17(20)23)21-18(24)10-7-12(25-2)16(27-4)13(8-10)26-3/h7-8H,5-6,9H2,1-4H3,(H2,20,23)(H,21,24)/p+1. The summed E-state index contributed by atoms with van der Waals surface area (Å²) in [4.78, 5) is 27.4. The summed E-state index contributed by atoms with van der Waals surface area (Å²) in [6.07, 6.45) is 0.760. The molecule has 0 saturated carbocycles. The molecule has 0 bridgehead atoms. The number of nitrogens with two attached hydrogens (primary N) is 1. The number of carbonyl (C=O) groups excluding carboxylic acids is 2. The summed E-state index contributed by atoms with van der Waals surface area (Å²) >= 11 is 1.40. The minimum Gasteiger partial charge on any atom is -0.493 e. The van der Waals surface area contributed by atoms with Gasteiger partial charge in [-0.15, -0.1) is 11.3 Å². The molecule has 1 aromatic carbocycles. The number of carbonyl (C=O) groups is 2. The van der Waals surface area contributed by atoms with Gasteiger partial charge in [0, 0.05) is 12.0 Å². The van der Waals surface area contributed by atoms with Gasteiger partial charge >= 0.3 is 0 Å². The van der Waals surface area contributed by atoms with Crippen LogP contribution in [0.2, 0.25) is 0 Å². The molecule has 0 fully saturated rings. The van der Waals surface area contributed by atoms with Crippen molar-refractivity contribution in [1.29, 1.82) is 0 Å². The lowest BCUT2D eigenvalue weighted by Gasteiger charge is -2.19. The predicted molar refractivity (Wildman–Crippen MR) is 106 cm³/mol. The molecule has 1 aliphatic rings. The molecule has 1 aliphatic heterocycles. The molecule has 0 aliphatic carbocycles. The van der Waals surface area contributed by atoms with Crippen LogP contribution in [-0.2, 0) is 13.0 Å². The number of methoxy groups -OCH3 is 3. The number of amides is 2. The van der Waals surface area contributed by atoms with Crippen LogP contribution in [-0.4, -0.2) is 46.7 Å². The molecule has 3 rings (SSSR count). The van der Waals surface area contributed by atoms with Crippen molar-refractivity contribution >= 4 is 28.2 Å². The number of ether oxygens (including phenoxy) is 3. The Morgan fingerprint density at radius 3 is 2.32 bits per heavy atom. The molecule has 1 unspecified atom stereocenters. The molecule has 9 heteroatoms.